The fourth-order valence-electron chi connectivity index (χ4n) is 4.15. The minimum absolute atomic E-state index is 0.0515. The highest BCUT2D eigenvalue weighted by molar-refractivity contribution is 8.00. The Bertz CT molecular complexity index is 1720. The number of aromatic nitrogens is 7. The van der Waals surface area contributed by atoms with Gasteiger partial charge in [0, 0.05) is 29.6 Å². The third-order valence-electron chi connectivity index (χ3n) is 6.35. The van der Waals surface area contributed by atoms with E-state index in [1.54, 1.807) is 12.1 Å². The average Bonchev–Trinajstić information content (AvgIpc) is 3.64. The highest BCUT2D eigenvalue weighted by Gasteiger charge is 2.57. The van der Waals surface area contributed by atoms with Crippen LogP contribution in [-0.2, 0) is 14.4 Å². The molecule has 216 valence electrons. The van der Waals surface area contributed by atoms with Crippen LogP contribution < -0.4 is 15.9 Å². The van der Waals surface area contributed by atoms with Gasteiger partial charge in [0.2, 0.25) is 17.4 Å². The summed E-state index contributed by atoms with van der Waals surface area (Å²) in [5.41, 5.74) is 4.52. The van der Waals surface area contributed by atoms with Crippen molar-refractivity contribution in [2.45, 2.75) is 16.4 Å². The smallest absolute Gasteiger partial charge is 0.313 e. The van der Waals surface area contributed by atoms with Crippen LogP contribution in [0.2, 0.25) is 0 Å². The summed E-state index contributed by atoms with van der Waals surface area (Å²) >= 11 is 3.30. The number of hydrogen-bond donors (Lipinski definition) is 3. The number of hydrogen-bond acceptors (Lipinski definition) is 15. The van der Waals surface area contributed by atoms with Crippen LogP contribution in [0.3, 0.4) is 0 Å². The first kappa shape index (κ1) is 27.7. The second-order valence-corrected chi connectivity index (χ2v) is 12.0. The maximum absolute atomic E-state index is 13.2. The van der Waals surface area contributed by atoms with E-state index in [1.165, 1.54) is 45.2 Å². The lowest BCUT2D eigenvalue weighted by Crippen LogP contribution is -2.74. The fraction of sp³-hybridized carbons (Fsp3) is 0.273. The molecule has 2 fully saturated rings. The van der Waals surface area contributed by atoms with Crippen molar-refractivity contribution >= 4 is 69.3 Å². The predicted octanol–water partition coefficient (Wildman–Crippen LogP) is 0.138. The number of fused-ring (bicyclic) bond motifs is 2. The first-order valence-electron chi connectivity index (χ1n) is 12.0. The largest absolute Gasteiger partial charge is 0.481 e. The highest BCUT2D eigenvalue weighted by Crippen LogP contribution is 2.44. The molecule has 3 aromatic heterocycles. The van der Waals surface area contributed by atoms with Crippen LogP contribution in [0.5, 0.6) is 5.75 Å². The number of nitrogens with one attached hydrogen (secondary N) is 1. The minimum atomic E-state index is -1.26. The molecule has 4 N–H and O–H groups in total. The summed E-state index contributed by atoms with van der Waals surface area (Å²) in [5, 5.41) is 32.0. The van der Waals surface area contributed by atoms with Crippen LogP contribution in [0, 0.1) is 11.2 Å². The summed E-state index contributed by atoms with van der Waals surface area (Å²) in [7, 11) is 0. The standard InChI is InChI=1S/C22H18FN11O5S3/c23-10-1-3-11(4-2-10)39-29-14(16-26-21(24)42-30-16)17(35)25-15-18(36)33-7-22(20(37)38,9-41-19(15)33)8-40-13-6-5-12-27-31-32-34(12)28-13/h1-6,15,19H,7-9H2,(H,25,35)(H,37,38)(H2,24,26,30)/t15?,19-,22?/m1/s1. The molecular formula is C22H18FN11O5S3. The quantitative estimate of drug-likeness (QED) is 0.0969. The average molecular weight is 632 g/mol. The highest BCUT2D eigenvalue weighted by atomic mass is 32.2. The van der Waals surface area contributed by atoms with Gasteiger partial charge in [-0.1, -0.05) is 5.16 Å². The van der Waals surface area contributed by atoms with E-state index in [4.69, 9.17) is 10.6 Å². The molecule has 16 nitrogen and oxygen atoms in total. The Balaban J connectivity index is 1.13. The number of carbonyl (C=O) groups excluding carboxylic acids is 2. The Labute approximate surface area is 247 Å². The lowest BCUT2D eigenvalue weighted by Gasteiger charge is -2.53. The van der Waals surface area contributed by atoms with Crippen molar-refractivity contribution in [3.63, 3.8) is 0 Å². The van der Waals surface area contributed by atoms with Crippen molar-refractivity contribution in [1.82, 2.24) is 44.8 Å². The number of nitrogens with zero attached hydrogens (tertiary/aromatic N) is 9. The monoisotopic (exact) mass is 631 g/mol. The van der Waals surface area contributed by atoms with Gasteiger partial charge in [0.25, 0.3) is 5.91 Å². The van der Waals surface area contributed by atoms with E-state index in [-0.39, 0.29) is 40.5 Å². The van der Waals surface area contributed by atoms with Gasteiger partial charge in [0.15, 0.2) is 16.5 Å². The third kappa shape index (κ3) is 5.30. The maximum Gasteiger partial charge on any atom is 0.313 e. The predicted molar refractivity (Wildman–Crippen MR) is 147 cm³/mol. The number of tetrazole rings is 1. The van der Waals surface area contributed by atoms with Gasteiger partial charge < -0.3 is 25.9 Å². The van der Waals surface area contributed by atoms with E-state index < -0.39 is 40.4 Å². The number of thioether (sulfide) groups is 2. The molecule has 42 heavy (non-hydrogen) atoms. The van der Waals surface area contributed by atoms with Gasteiger partial charge in [-0.3, -0.25) is 14.4 Å². The van der Waals surface area contributed by atoms with E-state index in [0.29, 0.717) is 10.7 Å². The fourth-order valence-corrected chi connectivity index (χ4v) is 7.29. The molecule has 0 saturated carbocycles. The molecule has 0 aliphatic carbocycles. The normalized spacial score (nSPS) is 22.0. The third-order valence-corrected chi connectivity index (χ3v) is 9.69. The summed E-state index contributed by atoms with van der Waals surface area (Å²) < 4.78 is 18.5. The SMILES string of the molecule is Nc1nc(C(=NOc2ccc(F)cc2)C(=O)NC2C(=O)N3CC(CSc4ccc5nnnn5n4)(C(=O)O)CS[C@H]23)ns1. The van der Waals surface area contributed by atoms with E-state index in [2.05, 4.69) is 40.5 Å². The molecule has 2 amide bonds. The first-order valence-corrected chi connectivity index (χ1v) is 14.8. The number of nitrogen functional groups attached to an aromatic ring is 1. The van der Waals surface area contributed by atoms with Crippen molar-refractivity contribution in [1.29, 1.82) is 0 Å². The van der Waals surface area contributed by atoms with Gasteiger partial charge in [-0.05, 0) is 46.8 Å². The Morgan fingerprint density at radius 3 is 2.83 bits per heavy atom. The van der Waals surface area contributed by atoms with Gasteiger partial charge in [-0.2, -0.15) is 9.36 Å². The molecule has 0 spiro atoms. The number of benzene rings is 1. The summed E-state index contributed by atoms with van der Waals surface area (Å²) in [4.78, 5) is 49.4. The second-order valence-electron chi connectivity index (χ2n) is 9.13. The number of carboxylic acid groups (broad SMARTS) is 1. The van der Waals surface area contributed by atoms with Crippen LogP contribution in [0.15, 0.2) is 46.6 Å². The van der Waals surface area contributed by atoms with Crippen molar-refractivity contribution < 1.29 is 28.7 Å². The molecule has 0 radical (unpaired) electrons. The molecule has 2 aliphatic heterocycles. The Morgan fingerprint density at radius 2 is 2.10 bits per heavy atom. The summed E-state index contributed by atoms with van der Waals surface area (Å²) in [6, 6.07) is 7.35. The summed E-state index contributed by atoms with van der Waals surface area (Å²) in [5.74, 6) is -2.44. The van der Waals surface area contributed by atoms with Crippen molar-refractivity contribution in [2.24, 2.45) is 10.6 Å². The van der Waals surface area contributed by atoms with Crippen LogP contribution in [0.25, 0.3) is 5.65 Å². The van der Waals surface area contributed by atoms with Crippen LogP contribution >= 0.6 is 35.1 Å². The number of carbonyl (C=O) groups is 3. The number of amides is 2. The number of rotatable bonds is 9. The number of halogens is 1. The van der Waals surface area contributed by atoms with E-state index in [9.17, 15) is 23.9 Å². The van der Waals surface area contributed by atoms with Gasteiger partial charge in [-0.15, -0.1) is 38.4 Å². The van der Waals surface area contributed by atoms with Gasteiger partial charge >= 0.3 is 5.97 Å². The first-order chi connectivity index (χ1) is 20.2. The minimum Gasteiger partial charge on any atom is -0.481 e. The van der Waals surface area contributed by atoms with Crippen LogP contribution in [0.4, 0.5) is 9.52 Å². The molecule has 5 heterocycles. The zero-order valence-electron chi connectivity index (χ0n) is 21.0. The lowest BCUT2D eigenvalue weighted by atomic mass is 9.89. The lowest BCUT2D eigenvalue weighted by molar-refractivity contribution is -0.157. The molecular weight excluding hydrogens is 614 g/mol. The number of anilines is 1. The molecule has 2 aliphatic rings. The molecule has 4 aromatic rings. The van der Waals surface area contributed by atoms with E-state index >= 15 is 0 Å². The number of aliphatic carboxylic acids is 1. The van der Waals surface area contributed by atoms with Crippen molar-refractivity contribution in [3.05, 3.63) is 48.0 Å². The van der Waals surface area contributed by atoms with Gasteiger partial charge in [0.05, 0.1) is 0 Å². The molecule has 20 heteroatoms. The Hall–Kier alpha value is -4.43. The molecule has 3 atom stereocenters. The zero-order valence-corrected chi connectivity index (χ0v) is 23.5. The molecule has 2 saturated heterocycles. The molecule has 1 aromatic carbocycles. The maximum atomic E-state index is 13.2. The molecule has 2 unspecified atom stereocenters. The molecule has 6 rings (SSSR count). The summed E-state index contributed by atoms with van der Waals surface area (Å²) in [6.07, 6.45) is 0. The second kappa shape index (κ2) is 11.1. The molecule has 0 bridgehead atoms. The number of oxime groups is 1. The Morgan fingerprint density at radius 1 is 1.29 bits per heavy atom. The topological polar surface area (TPSA) is 216 Å². The van der Waals surface area contributed by atoms with Crippen LogP contribution in [-0.4, -0.2) is 97.6 Å². The van der Waals surface area contributed by atoms with Crippen LogP contribution in [0.1, 0.15) is 5.82 Å². The number of nitrogens with two attached hydrogens (primary N) is 1. The number of β-lactam (4-membered cyclic amide) rings is 1. The van der Waals surface area contributed by atoms with Crippen molar-refractivity contribution in [3.8, 4) is 5.75 Å². The van der Waals surface area contributed by atoms with Crippen molar-refractivity contribution in [2.75, 3.05) is 23.8 Å². The van der Waals surface area contributed by atoms with E-state index in [1.807, 2.05) is 0 Å². The number of carboxylic acids is 1. The zero-order chi connectivity index (χ0) is 29.4. The van der Waals surface area contributed by atoms with Gasteiger partial charge in [-0.25, -0.2) is 4.39 Å². The van der Waals surface area contributed by atoms with Gasteiger partial charge in [0.1, 0.15) is 27.7 Å². The van der Waals surface area contributed by atoms with E-state index in [0.717, 1.165) is 23.7 Å². The summed E-state index contributed by atoms with van der Waals surface area (Å²) in [6.45, 7) is -0.0515. The Kier molecular flexibility index (Phi) is 7.33.